The van der Waals surface area contributed by atoms with Crippen molar-refractivity contribution >= 4 is 50.5 Å². The Morgan fingerprint density at radius 3 is 2.37 bits per heavy atom. The minimum absolute atomic E-state index is 0.0503. The highest BCUT2D eigenvalue weighted by atomic mass is 35.5. The third-order valence-corrected chi connectivity index (χ3v) is 8.07. The Kier molecular flexibility index (Phi) is 7.77. The molecule has 0 aliphatic carbocycles. The smallest absolute Gasteiger partial charge is 0.416 e. The quantitative estimate of drug-likeness (QED) is 0.416. The molecule has 0 spiro atoms. The van der Waals surface area contributed by atoms with Gasteiger partial charge in [-0.1, -0.05) is 17.7 Å². The topological polar surface area (TPSA) is 104 Å². The van der Waals surface area contributed by atoms with Crippen LogP contribution in [0.3, 0.4) is 0 Å². The van der Waals surface area contributed by atoms with E-state index in [-0.39, 0.29) is 22.1 Å². The summed E-state index contributed by atoms with van der Waals surface area (Å²) in [6, 6.07) is 8.75. The molecule has 0 unspecified atom stereocenters. The number of carboxylic acids is 1. The molecule has 0 fully saturated rings. The highest BCUT2D eigenvalue weighted by Crippen LogP contribution is 2.33. The third-order valence-electron chi connectivity index (χ3n) is 4.92. The second-order valence-corrected chi connectivity index (χ2v) is 10.5. The number of sulfonamides is 1. The van der Waals surface area contributed by atoms with Gasteiger partial charge in [0, 0.05) is 11.6 Å². The number of thiophene rings is 1. The summed E-state index contributed by atoms with van der Waals surface area (Å²) in [6.07, 6.45) is -4.65. The molecule has 0 aliphatic rings. The molecule has 0 radical (unpaired) electrons. The van der Waals surface area contributed by atoms with Gasteiger partial charge >= 0.3 is 12.1 Å². The van der Waals surface area contributed by atoms with Gasteiger partial charge in [-0.05, 0) is 65.9 Å². The zero-order valence-electron chi connectivity index (χ0n) is 18.0. The fourth-order valence-electron chi connectivity index (χ4n) is 3.08. The number of halogens is 4. The van der Waals surface area contributed by atoms with Gasteiger partial charge in [0.25, 0.3) is 10.0 Å². The molecule has 1 heterocycles. The van der Waals surface area contributed by atoms with E-state index in [0.717, 1.165) is 27.8 Å². The summed E-state index contributed by atoms with van der Waals surface area (Å²) in [5.74, 6) is -1.83. The first kappa shape index (κ1) is 26.5. The number of nitrogens with one attached hydrogen (secondary N) is 1. The molecule has 0 bridgehead atoms. The van der Waals surface area contributed by atoms with Gasteiger partial charge in [-0.2, -0.15) is 13.2 Å². The molecule has 13 heteroatoms. The normalized spacial score (nSPS) is 11.8. The van der Waals surface area contributed by atoms with E-state index in [2.05, 4.69) is 5.32 Å². The van der Waals surface area contributed by atoms with Crippen LogP contribution in [0.2, 0.25) is 5.02 Å². The number of carbonyl (C=O) groups excluding carboxylic acids is 1. The van der Waals surface area contributed by atoms with Crippen LogP contribution in [-0.2, 0) is 27.5 Å². The predicted octanol–water partition coefficient (Wildman–Crippen LogP) is 4.94. The van der Waals surface area contributed by atoms with Crippen molar-refractivity contribution in [2.45, 2.75) is 24.5 Å². The van der Waals surface area contributed by atoms with E-state index >= 15 is 0 Å². The number of aromatic carboxylic acids is 1. The second-order valence-electron chi connectivity index (χ2n) is 7.32. The van der Waals surface area contributed by atoms with Crippen LogP contribution in [0.4, 0.5) is 18.9 Å². The number of benzene rings is 2. The fourth-order valence-corrected chi connectivity index (χ4v) is 5.47. The zero-order chi connectivity index (χ0) is 26.0. The number of rotatable bonds is 8. The average Bonchev–Trinajstić information content (AvgIpc) is 3.27. The number of amides is 1. The van der Waals surface area contributed by atoms with Crippen LogP contribution >= 0.6 is 22.9 Å². The summed E-state index contributed by atoms with van der Waals surface area (Å²) >= 11 is 7.11. The van der Waals surface area contributed by atoms with E-state index in [0.29, 0.717) is 23.3 Å². The molecule has 2 N–H and O–H groups in total. The molecule has 3 rings (SSSR count). The van der Waals surface area contributed by atoms with Crippen LogP contribution in [-0.4, -0.2) is 31.9 Å². The van der Waals surface area contributed by atoms with Gasteiger partial charge < -0.3 is 10.4 Å². The highest BCUT2D eigenvalue weighted by molar-refractivity contribution is 7.92. The number of anilines is 1. The van der Waals surface area contributed by atoms with Crippen molar-refractivity contribution in [1.82, 2.24) is 5.32 Å². The molecule has 2 aromatic carbocycles. The van der Waals surface area contributed by atoms with E-state index in [9.17, 15) is 31.2 Å². The van der Waals surface area contributed by atoms with Gasteiger partial charge in [0.15, 0.2) is 0 Å². The Morgan fingerprint density at radius 1 is 1.14 bits per heavy atom. The second kappa shape index (κ2) is 10.3. The van der Waals surface area contributed by atoms with Crippen molar-refractivity contribution in [3.8, 4) is 0 Å². The molecule has 3 aromatic rings. The van der Waals surface area contributed by atoms with Crippen molar-refractivity contribution in [3.63, 3.8) is 0 Å². The largest absolute Gasteiger partial charge is 0.477 e. The Bertz CT molecular complexity index is 1360. The first-order valence-corrected chi connectivity index (χ1v) is 12.5. The van der Waals surface area contributed by atoms with E-state index in [1.165, 1.54) is 24.3 Å². The summed E-state index contributed by atoms with van der Waals surface area (Å²) in [5, 5.41) is 13.3. The van der Waals surface area contributed by atoms with E-state index in [1.807, 2.05) is 0 Å². The van der Waals surface area contributed by atoms with Crippen molar-refractivity contribution in [2.24, 2.45) is 0 Å². The lowest BCUT2D eigenvalue weighted by atomic mass is 10.2. The van der Waals surface area contributed by atoms with Crippen LogP contribution in [0.25, 0.3) is 0 Å². The summed E-state index contributed by atoms with van der Waals surface area (Å²) in [5.41, 5.74) is -0.0781. The summed E-state index contributed by atoms with van der Waals surface area (Å²) in [4.78, 5) is 23.3. The third kappa shape index (κ3) is 6.13. The molecule has 0 atom stereocenters. The van der Waals surface area contributed by atoms with Crippen LogP contribution in [0.1, 0.15) is 26.4 Å². The Balaban J connectivity index is 1.91. The SMILES string of the molecule is Cc1c(Cl)cccc1N(CC(=O)NCc1csc(C(=O)O)c1)S(=O)(=O)c1ccc(C(F)(F)F)cc1. The van der Waals surface area contributed by atoms with E-state index in [4.69, 9.17) is 16.7 Å². The van der Waals surface area contributed by atoms with Gasteiger partial charge in [-0.3, -0.25) is 9.10 Å². The van der Waals surface area contributed by atoms with Crippen LogP contribution in [0.5, 0.6) is 0 Å². The van der Waals surface area contributed by atoms with Crippen LogP contribution in [0.15, 0.2) is 58.8 Å². The summed E-state index contributed by atoms with van der Waals surface area (Å²) < 4.78 is 66.3. The van der Waals surface area contributed by atoms with E-state index < -0.39 is 45.1 Å². The van der Waals surface area contributed by atoms with Gasteiger partial charge in [0.05, 0.1) is 16.1 Å². The lowest BCUT2D eigenvalue weighted by Gasteiger charge is -2.26. The molecular formula is C22H18ClF3N2O5S2. The predicted molar refractivity (Wildman–Crippen MR) is 125 cm³/mol. The Morgan fingerprint density at radius 2 is 1.80 bits per heavy atom. The van der Waals surface area contributed by atoms with Crippen LogP contribution in [0, 0.1) is 6.92 Å². The minimum atomic E-state index is -4.65. The number of carbonyl (C=O) groups is 2. The lowest BCUT2D eigenvalue weighted by Crippen LogP contribution is -2.41. The molecular weight excluding hydrogens is 529 g/mol. The van der Waals surface area contributed by atoms with Gasteiger partial charge in [0.1, 0.15) is 11.4 Å². The number of alkyl halides is 3. The van der Waals surface area contributed by atoms with Crippen molar-refractivity contribution < 1.29 is 36.3 Å². The number of carboxylic acid groups (broad SMARTS) is 1. The molecule has 186 valence electrons. The molecule has 35 heavy (non-hydrogen) atoms. The van der Waals surface area contributed by atoms with Crippen molar-refractivity contribution in [1.29, 1.82) is 0 Å². The first-order chi connectivity index (χ1) is 16.3. The Hall–Kier alpha value is -3.09. The first-order valence-electron chi connectivity index (χ1n) is 9.83. The molecule has 1 amide bonds. The lowest BCUT2D eigenvalue weighted by molar-refractivity contribution is -0.137. The standard InChI is InChI=1S/C22H18ClF3N2O5S2/c1-13-17(23)3-2-4-18(13)28(11-20(29)27-10-14-9-19(21(30)31)34-12-14)35(32,33)16-7-5-15(6-8-16)22(24,25)26/h2-9,12H,10-11H2,1H3,(H,27,29)(H,30,31). The van der Waals surface area contributed by atoms with Gasteiger partial charge in [-0.15, -0.1) is 11.3 Å². The van der Waals surface area contributed by atoms with E-state index in [1.54, 1.807) is 12.3 Å². The minimum Gasteiger partial charge on any atom is -0.477 e. The number of nitrogens with zero attached hydrogens (tertiary/aromatic N) is 1. The number of hydrogen-bond donors (Lipinski definition) is 2. The molecule has 7 nitrogen and oxygen atoms in total. The van der Waals surface area contributed by atoms with Crippen LogP contribution < -0.4 is 9.62 Å². The average molecular weight is 547 g/mol. The maximum atomic E-state index is 13.4. The molecule has 1 aromatic heterocycles. The van der Waals surface area contributed by atoms with Crippen molar-refractivity contribution in [2.75, 3.05) is 10.8 Å². The zero-order valence-corrected chi connectivity index (χ0v) is 20.4. The maximum absolute atomic E-state index is 13.4. The van der Waals surface area contributed by atoms with Crippen molar-refractivity contribution in [3.05, 3.63) is 80.5 Å². The van der Waals surface area contributed by atoms with Gasteiger partial charge in [-0.25, -0.2) is 13.2 Å². The summed E-state index contributed by atoms with van der Waals surface area (Å²) in [7, 11) is -4.47. The fraction of sp³-hybridized carbons (Fsp3) is 0.182. The molecule has 0 saturated carbocycles. The Labute approximate surface area is 207 Å². The van der Waals surface area contributed by atoms with Gasteiger partial charge in [0.2, 0.25) is 5.91 Å². The number of hydrogen-bond acceptors (Lipinski definition) is 5. The molecule has 0 saturated heterocycles. The summed E-state index contributed by atoms with van der Waals surface area (Å²) in [6.45, 7) is 0.801. The maximum Gasteiger partial charge on any atom is 0.416 e. The monoisotopic (exact) mass is 546 g/mol. The highest BCUT2D eigenvalue weighted by Gasteiger charge is 2.33. The molecule has 0 aliphatic heterocycles.